The molecule has 2 atom stereocenters. The zero-order valence-corrected chi connectivity index (χ0v) is 10.3. The summed E-state index contributed by atoms with van der Waals surface area (Å²) in [5.74, 6) is 0.532. The highest BCUT2D eigenvalue weighted by atomic mass is 16.1. The van der Waals surface area contributed by atoms with Crippen molar-refractivity contribution in [2.45, 2.75) is 40.5 Å². The number of hydrogen-bond acceptors (Lipinski definition) is 1. The van der Waals surface area contributed by atoms with Crippen molar-refractivity contribution in [3.05, 3.63) is 23.8 Å². The molecule has 0 bridgehead atoms. The maximum absolute atomic E-state index is 10.6. The molecule has 0 spiro atoms. The molecule has 0 fully saturated rings. The Morgan fingerprint density at radius 3 is 2.73 bits per heavy atom. The largest absolute Gasteiger partial charge is 0.303 e. The maximum Gasteiger partial charge on any atom is 0.126 e. The van der Waals surface area contributed by atoms with E-state index in [0.29, 0.717) is 11.3 Å². The summed E-state index contributed by atoms with van der Waals surface area (Å²) in [6.07, 6.45) is 9.98. The van der Waals surface area contributed by atoms with E-state index < -0.39 is 0 Å². The predicted molar refractivity (Wildman–Crippen MR) is 64.6 cm³/mol. The molecule has 0 aliphatic heterocycles. The molecule has 0 saturated heterocycles. The Balaban J connectivity index is 2.81. The molecule has 84 valence electrons. The van der Waals surface area contributed by atoms with E-state index in [1.54, 1.807) is 0 Å². The average molecular weight is 206 g/mol. The second kappa shape index (κ2) is 4.78. The summed E-state index contributed by atoms with van der Waals surface area (Å²) in [6.45, 7) is 8.74. The Labute approximate surface area is 93.3 Å². The van der Waals surface area contributed by atoms with Crippen molar-refractivity contribution >= 4 is 6.29 Å². The number of carbonyl (C=O) groups is 1. The van der Waals surface area contributed by atoms with Gasteiger partial charge in [0.25, 0.3) is 0 Å². The van der Waals surface area contributed by atoms with Crippen molar-refractivity contribution in [1.82, 2.24) is 0 Å². The summed E-state index contributed by atoms with van der Waals surface area (Å²) < 4.78 is 0. The molecule has 0 unspecified atom stereocenters. The molecular weight excluding hydrogens is 184 g/mol. The SMILES string of the molecule is CC1=CCCC(C)(C)[C@H]1/C=C/[C@@H](C)C=O. The molecule has 0 saturated carbocycles. The van der Waals surface area contributed by atoms with Gasteiger partial charge in [-0.3, -0.25) is 0 Å². The highest BCUT2D eigenvalue weighted by molar-refractivity contribution is 5.55. The molecule has 1 heteroatoms. The Hall–Kier alpha value is -0.850. The van der Waals surface area contributed by atoms with Crippen molar-refractivity contribution in [2.75, 3.05) is 0 Å². The Morgan fingerprint density at radius 2 is 2.20 bits per heavy atom. The van der Waals surface area contributed by atoms with Gasteiger partial charge >= 0.3 is 0 Å². The maximum atomic E-state index is 10.6. The fourth-order valence-electron chi connectivity index (χ4n) is 2.31. The minimum absolute atomic E-state index is 0.0375. The first-order valence-corrected chi connectivity index (χ1v) is 5.77. The second-order valence-corrected chi connectivity index (χ2v) is 5.33. The monoisotopic (exact) mass is 206 g/mol. The first-order chi connectivity index (χ1) is 6.97. The average Bonchev–Trinajstić information content (AvgIpc) is 2.15. The Morgan fingerprint density at radius 1 is 1.53 bits per heavy atom. The third kappa shape index (κ3) is 3.05. The number of hydrogen-bond donors (Lipinski definition) is 0. The van der Waals surface area contributed by atoms with Crippen LogP contribution in [-0.4, -0.2) is 6.29 Å². The fraction of sp³-hybridized carbons (Fsp3) is 0.643. The first kappa shape index (κ1) is 12.2. The highest BCUT2D eigenvalue weighted by Crippen LogP contribution is 2.41. The summed E-state index contributed by atoms with van der Waals surface area (Å²) in [5.41, 5.74) is 1.78. The molecule has 0 radical (unpaired) electrons. The smallest absolute Gasteiger partial charge is 0.126 e. The molecule has 0 aromatic heterocycles. The van der Waals surface area contributed by atoms with E-state index in [1.807, 2.05) is 13.0 Å². The lowest BCUT2D eigenvalue weighted by Crippen LogP contribution is -2.26. The van der Waals surface area contributed by atoms with Gasteiger partial charge in [0.15, 0.2) is 0 Å². The van der Waals surface area contributed by atoms with Gasteiger partial charge < -0.3 is 4.79 Å². The van der Waals surface area contributed by atoms with E-state index in [2.05, 4.69) is 32.9 Å². The summed E-state index contributed by atoms with van der Waals surface area (Å²) in [4.78, 5) is 10.6. The summed E-state index contributed by atoms with van der Waals surface area (Å²) >= 11 is 0. The van der Waals surface area contributed by atoms with Crippen LogP contribution in [0.5, 0.6) is 0 Å². The highest BCUT2D eigenvalue weighted by Gasteiger charge is 2.30. The summed E-state index contributed by atoms with van der Waals surface area (Å²) in [5, 5.41) is 0. The third-order valence-electron chi connectivity index (χ3n) is 3.41. The molecule has 1 nitrogen and oxygen atoms in total. The minimum Gasteiger partial charge on any atom is -0.303 e. The minimum atomic E-state index is 0.0375. The second-order valence-electron chi connectivity index (χ2n) is 5.33. The van der Waals surface area contributed by atoms with Gasteiger partial charge in [-0.15, -0.1) is 0 Å². The van der Waals surface area contributed by atoms with Crippen LogP contribution in [0.15, 0.2) is 23.8 Å². The van der Waals surface area contributed by atoms with Crippen LogP contribution in [0.1, 0.15) is 40.5 Å². The third-order valence-corrected chi connectivity index (χ3v) is 3.41. The van der Waals surface area contributed by atoms with Crippen LogP contribution in [0.4, 0.5) is 0 Å². The van der Waals surface area contributed by atoms with Crippen LogP contribution in [0, 0.1) is 17.3 Å². The number of allylic oxidation sites excluding steroid dienone is 4. The van der Waals surface area contributed by atoms with Crippen LogP contribution in [-0.2, 0) is 4.79 Å². The van der Waals surface area contributed by atoms with Crippen molar-refractivity contribution in [1.29, 1.82) is 0 Å². The van der Waals surface area contributed by atoms with Crippen LogP contribution < -0.4 is 0 Å². The first-order valence-electron chi connectivity index (χ1n) is 5.77. The normalized spacial score (nSPS) is 27.5. The van der Waals surface area contributed by atoms with Gasteiger partial charge in [0.05, 0.1) is 0 Å². The molecule has 1 aliphatic rings. The van der Waals surface area contributed by atoms with Gasteiger partial charge in [-0.1, -0.05) is 44.6 Å². The molecule has 0 heterocycles. The molecule has 1 rings (SSSR count). The van der Waals surface area contributed by atoms with E-state index in [-0.39, 0.29) is 5.92 Å². The zero-order valence-electron chi connectivity index (χ0n) is 10.3. The topological polar surface area (TPSA) is 17.1 Å². The molecule has 0 aromatic rings. The predicted octanol–water partition coefficient (Wildman–Crippen LogP) is 3.76. The quantitative estimate of drug-likeness (QED) is 0.507. The van der Waals surface area contributed by atoms with Crippen molar-refractivity contribution in [3.8, 4) is 0 Å². The molecular formula is C14H22O. The lowest BCUT2D eigenvalue weighted by molar-refractivity contribution is -0.109. The van der Waals surface area contributed by atoms with E-state index in [4.69, 9.17) is 0 Å². The van der Waals surface area contributed by atoms with Crippen molar-refractivity contribution in [3.63, 3.8) is 0 Å². The van der Waals surface area contributed by atoms with E-state index in [9.17, 15) is 4.79 Å². The van der Waals surface area contributed by atoms with Crippen molar-refractivity contribution < 1.29 is 4.79 Å². The van der Waals surface area contributed by atoms with Gasteiger partial charge in [0.2, 0.25) is 0 Å². The molecule has 0 amide bonds. The summed E-state index contributed by atoms with van der Waals surface area (Å²) in [6, 6.07) is 0. The Kier molecular flexibility index (Phi) is 3.90. The van der Waals surface area contributed by atoms with Crippen LogP contribution in [0.25, 0.3) is 0 Å². The van der Waals surface area contributed by atoms with Crippen molar-refractivity contribution in [2.24, 2.45) is 17.3 Å². The van der Waals surface area contributed by atoms with Gasteiger partial charge in [0.1, 0.15) is 6.29 Å². The van der Waals surface area contributed by atoms with Gasteiger partial charge in [0, 0.05) is 11.8 Å². The number of carbonyl (C=O) groups excluding carboxylic acids is 1. The van der Waals surface area contributed by atoms with E-state index in [0.717, 1.165) is 6.29 Å². The van der Waals surface area contributed by atoms with Gasteiger partial charge in [-0.05, 0) is 25.2 Å². The lowest BCUT2D eigenvalue weighted by atomic mass is 9.68. The lowest BCUT2D eigenvalue weighted by Gasteiger charge is -2.36. The number of aldehydes is 1. The molecule has 0 N–H and O–H groups in total. The summed E-state index contributed by atoms with van der Waals surface area (Å²) in [7, 11) is 0. The standard InChI is InChI=1S/C14H22O/c1-11(10-15)7-8-13-12(2)6-5-9-14(13,3)4/h6-8,10-11,13H,5,9H2,1-4H3/b8-7+/t11-,13+/m1/s1. The van der Waals surface area contributed by atoms with Gasteiger partial charge in [-0.2, -0.15) is 0 Å². The van der Waals surface area contributed by atoms with Gasteiger partial charge in [-0.25, -0.2) is 0 Å². The zero-order chi connectivity index (χ0) is 11.5. The number of rotatable bonds is 3. The molecule has 15 heavy (non-hydrogen) atoms. The van der Waals surface area contributed by atoms with E-state index in [1.165, 1.54) is 18.4 Å². The van der Waals surface area contributed by atoms with Crippen LogP contribution in [0.3, 0.4) is 0 Å². The fourth-order valence-corrected chi connectivity index (χ4v) is 2.31. The van der Waals surface area contributed by atoms with E-state index >= 15 is 0 Å². The van der Waals surface area contributed by atoms with Crippen LogP contribution >= 0.6 is 0 Å². The molecule has 0 aromatic carbocycles. The van der Waals surface area contributed by atoms with Crippen LogP contribution in [0.2, 0.25) is 0 Å². The Bertz CT molecular complexity index is 284. The molecule has 1 aliphatic carbocycles.